The Balaban J connectivity index is 1.72. The van der Waals surface area contributed by atoms with Crippen LogP contribution in [0.25, 0.3) is 0 Å². The van der Waals surface area contributed by atoms with E-state index in [1.165, 1.54) is 19.1 Å². The third-order valence-electron chi connectivity index (χ3n) is 5.40. The first-order valence-corrected chi connectivity index (χ1v) is 10.3. The predicted molar refractivity (Wildman–Crippen MR) is 116 cm³/mol. The van der Waals surface area contributed by atoms with Gasteiger partial charge in [0.05, 0.1) is 11.1 Å². The molecule has 3 amide bonds. The van der Waals surface area contributed by atoms with Crippen LogP contribution in [0.1, 0.15) is 58.3 Å². The van der Waals surface area contributed by atoms with Gasteiger partial charge < -0.3 is 10.1 Å². The molecule has 2 aromatic rings. The van der Waals surface area contributed by atoms with E-state index in [2.05, 4.69) is 5.32 Å². The molecule has 2 atom stereocenters. The molecule has 1 N–H and O–H groups in total. The van der Waals surface area contributed by atoms with Gasteiger partial charge >= 0.3 is 5.97 Å². The Morgan fingerprint density at radius 1 is 0.969 bits per heavy atom. The van der Waals surface area contributed by atoms with E-state index >= 15 is 0 Å². The van der Waals surface area contributed by atoms with Gasteiger partial charge in [0.2, 0.25) is 5.91 Å². The largest absolute Gasteiger partial charge is 0.456 e. The van der Waals surface area contributed by atoms with E-state index in [1.807, 2.05) is 6.92 Å². The van der Waals surface area contributed by atoms with Gasteiger partial charge in [0, 0.05) is 18.2 Å². The highest BCUT2D eigenvalue weighted by Crippen LogP contribution is 2.28. The van der Waals surface area contributed by atoms with Crippen molar-refractivity contribution in [3.05, 3.63) is 65.2 Å². The number of hydrogen-bond acceptors (Lipinski definition) is 6. The fraction of sp³-hybridized carbons (Fsp3) is 0.292. The lowest BCUT2D eigenvalue weighted by Crippen LogP contribution is -2.49. The minimum atomic E-state index is -1.14. The molecule has 32 heavy (non-hydrogen) atoms. The quantitative estimate of drug-likeness (QED) is 0.387. The number of hydrogen-bond donors (Lipinski definition) is 1. The monoisotopic (exact) mass is 436 g/mol. The maximum Gasteiger partial charge on any atom is 0.330 e. The van der Waals surface area contributed by atoms with E-state index in [-0.39, 0.29) is 23.0 Å². The van der Waals surface area contributed by atoms with Crippen molar-refractivity contribution in [1.82, 2.24) is 4.90 Å². The van der Waals surface area contributed by atoms with Crippen molar-refractivity contribution in [2.45, 2.75) is 33.2 Å². The maximum absolute atomic E-state index is 12.9. The first-order chi connectivity index (χ1) is 15.2. The van der Waals surface area contributed by atoms with Gasteiger partial charge in [0.1, 0.15) is 6.04 Å². The molecule has 1 aliphatic heterocycles. The van der Waals surface area contributed by atoms with Gasteiger partial charge in [-0.25, -0.2) is 4.79 Å². The Kier molecular flexibility index (Phi) is 6.82. The molecule has 8 heteroatoms. The lowest BCUT2D eigenvalue weighted by molar-refractivity contribution is -0.149. The molecule has 0 aliphatic carbocycles. The summed E-state index contributed by atoms with van der Waals surface area (Å²) in [7, 11) is 0. The van der Waals surface area contributed by atoms with E-state index < -0.39 is 36.2 Å². The summed E-state index contributed by atoms with van der Waals surface area (Å²) >= 11 is 0. The number of esters is 1. The summed E-state index contributed by atoms with van der Waals surface area (Å²) in [6.45, 7) is 4.43. The molecule has 0 radical (unpaired) electrons. The number of nitrogens with one attached hydrogen (secondary N) is 1. The zero-order valence-electron chi connectivity index (χ0n) is 18.1. The second kappa shape index (κ2) is 9.55. The fourth-order valence-electron chi connectivity index (χ4n) is 3.52. The Morgan fingerprint density at radius 2 is 1.53 bits per heavy atom. The second-order valence-electron chi connectivity index (χ2n) is 7.65. The zero-order chi connectivity index (χ0) is 23.4. The molecule has 3 rings (SSSR count). The molecule has 0 saturated carbocycles. The van der Waals surface area contributed by atoms with Crippen molar-refractivity contribution in [2.75, 3.05) is 11.9 Å². The highest BCUT2D eigenvalue weighted by Gasteiger charge is 2.45. The normalized spacial score (nSPS) is 14.5. The van der Waals surface area contributed by atoms with Crippen molar-refractivity contribution in [3.63, 3.8) is 0 Å². The number of anilines is 1. The molecular formula is C24H24N2O6. The van der Waals surface area contributed by atoms with E-state index in [9.17, 15) is 24.0 Å². The standard InChI is InChI=1S/C24H24N2O6/c1-4-14(2)21(26-22(29)18-7-5-6-8-19(18)23(26)30)24(31)32-13-20(28)16-9-11-17(12-10-16)25-15(3)27/h5-12,14,21H,4,13H2,1-3H3,(H,25,27). The summed E-state index contributed by atoms with van der Waals surface area (Å²) in [5.41, 5.74) is 1.32. The Bertz CT molecular complexity index is 1040. The predicted octanol–water partition coefficient (Wildman–Crippen LogP) is 3.08. The molecule has 0 saturated heterocycles. The van der Waals surface area contributed by atoms with E-state index in [1.54, 1.807) is 43.3 Å². The molecule has 0 fully saturated rings. The molecule has 0 bridgehead atoms. The first-order valence-electron chi connectivity index (χ1n) is 10.3. The molecular weight excluding hydrogens is 412 g/mol. The highest BCUT2D eigenvalue weighted by atomic mass is 16.5. The van der Waals surface area contributed by atoms with E-state index in [0.29, 0.717) is 17.7 Å². The van der Waals surface area contributed by atoms with Crippen LogP contribution in [0.4, 0.5) is 5.69 Å². The summed E-state index contributed by atoms with van der Waals surface area (Å²) in [5, 5.41) is 2.60. The Hall–Kier alpha value is -3.81. The van der Waals surface area contributed by atoms with Crippen LogP contribution in [0.5, 0.6) is 0 Å². The number of carbonyl (C=O) groups excluding carboxylic acids is 5. The van der Waals surface area contributed by atoms with E-state index in [4.69, 9.17) is 4.74 Å². The molecule has 0 aromatic heterocycles. The lowest BCUT2D eigenvalue weighted by Gasteiger charge is -2.28. The summed E-state index contributed by atoms with van der Waals surface area (Å²) in [4.78, 5) is 63.1. The topological polar surface area (TPSA) is 110 Å². The SMILES string of the molecule is CCC(C)C(C(=O)OCC(=O)c1ccc(NC(C)=O)cc1)N1C(=O)c2ccccc2C1=O. The van der Waals surface area contributed by atoms with Crippen molar-refractivity contribution in [1.29, 1.82) is 0 Å². The van der Waals surface area contributed by atoms with Gasteiger partial charge in [0.25, 0.3) is 11.8 Å². The molecule has 0 spiro atoms. The van der Waals surface area contributed by atoms with Gasteiger partial charge in [-0.1, -0.05) is 32.4 Å². The number of amides is 3. The van der Waals surface area contributed by atoms with Gasteiger partial charge in [-0.2, -0.15) is 0 Å². The average molecular weight is 436 g/mol. The van der Waals surface area contributed by atoms with Gasteiger partial charge in [-0.05, 0) is 42.3 Å². The third kappa shape index (κ3) is 4.59. The molecule has 2 unspecified atom stereocenters. The number of carbonyl (C=O) groups is 5. The van der Waals surface area contributed by atoms with Crippen LogP contribution in [-0.2, 0) is 14.3 Å². The number of imide groups is 1. The molecule has 166 valence electrons. The summed E-state index contributed by atoms with van der Waals surface area (Å²) in [6.07, 6.45) is 0.520. The zero-order valence-corrected chi connectivity index (χ0v) is 18.1. The van der Waals surface area contributed by atoms with Crippen molar-refractivity contribution in [3.8, 4) is 0 Å². The van der Waals surface area contributed by atoms with Crippen LogP contribution in [0, 0.1) is 5.92 Å². The van der Waals surface area contributed by atoms with Crippen LogP contribution in [0.2, 0.25) is 0 Å². The van der Waals surface area contributed by atoms with Crippen molar-refractivity contribution >= 4 is 35.2 Å². The number of nitrogens with zero attached hydrogens (tertiary/aromatic N) is 1. The maximum atomic E-state index is 12.9. The molecule has 1 aliphatic rings. The number of fused-ring (bicyclic) bond motifs is 1. The minimum Gasteiger partial charge on any atom is -0.456 e. The van der Waals surface area contributed by atoms with Crippen LogP contribution in [0.3, 0.4) is 0 Å². The minimum absolute atomic E-state index is 0.234. The Labute approximate surface area is 185 Å². The van der Waals surface area contributed by atoms with Crippen LogP contribution in [0.15, 0.2) is 48.5 Å². The number of ether oxygens (including phenoxy) is 1. The van der Waals surface area contributed by atoms with Crippen LogP contribution >= 0.6 is 0 Å². The molecule has 8 nitrogen and oxygen atoms in total. The number of Topliss-reactive ketones (excluding diaryl/α,β-unsaturated/α-hetero) is 1. The summed E-state index contributed by atoms with van der Waals surface area (Å²) in [6, 6.07) is 11.4. The van der Waals surface area contributed by atoms with Crippen LogP contribution in [-0.4, -0.2) is 47.0 Å². The average Bonchev–Trinajstić information content (AvgIpc) is 3.03. The fourth-order valence-corrected chi connectivity index (χ4v) is 3.52. The molecule has 1 heterocycles. The number of ketones is 1. The third-order valence-corrected chi connectivity index (χ3v) is 5.40. The number of benzene rings is 2. The van der Waals surface area contributed by atoms with Gasteiger partial charge in [-0.3, -0.25) is 24.1 Å². The number of rotatable bonds is 8. The molecule has 2 aromatic carbocycles. The second-order valence-corrected chi connectivity index (χ2v) is 7.65. The van der Waals surface area contributed by atoms with Gasteiger partial charge in [-0.15, -0.1) is 0 Å². The van der Waals surface area contributed by atoms with E-state index in [0.717, 1.165) is 4.90 Å². The first kappa shape index (κ1) is 22.9. The smallest absolute Gasteiger partial charge is 0.330 e. The summed E-state index contributed by atoms with van der Waals surface area (Å²) in [5.74, 6) is -2.95. The highest BCUT2D eigenvalue weighted by molar-refractivity contribution is 6.22. The van der Waals surface area contributed by atoms with Crippen molar-refractivity contribution < 1.29 is 28.7 Å². The van der Waals surface area contributed by atoms with Crippen LogP contribution < -0.4 is 5.32 Å². The summed E-state index contributed by atoms with van der Waals surface area (Å²) < 4.78 is 5.24. The van der Waals surface area contributed by atoms with Gasteiger partial charge in [0.15, 0.2) is 12.4 Å². The lowest BCUT2D eigenvalue weighted by atomic mass is 9.97. The van der Waals surface area contributed by atoms with Crippen molar-refractivity contribution in [2.24, 2.45) is 5.92 Å². The Morgan fingerprint density at radius 3 is 2.03 bits per heavy atom.